The first-order chi connectivity index (χ1) is 7.59. The lowest BCUT2D eigenvalue weighted by Crippen LogP contribution is -2.30. The number of anilines is 1. The zero-order valence-electron chi connectivity index (χ0n) is 9.29. The van der Waals surface area contributed by atoms with Gasteiger partial charge in [0.25, 0.3) is 0 Å². The molecule has 0 saturated carbocycles. The predicted octanol–water partition coefficient (Wildman–Crippen LogP) is 3.16. The summed E-state index contributed by atoms with van der Waals surface area (Å²) in [5, 5.41) is 2.66. The van der Waals surface area contributed by atoms with Gasteiger partial charge in [-0.25, -0.2) is 10.3 Å². The molecule has 0 saturated heterocycles. The molecule has 0 spiro atoms. The van der Waals surface area contributed by atoms with Crippen molar-refractivity contribution in [3.05, 3.63) is 28.7 Å². The van der Waals surface area contributed by atoms with Crippen molar-refractivity contribution >= 4 is 27.6 Å². The van der Waals surface area contributed by atoms with E-state index in [-0.39, 0.29) is 6.03 Å². The summed E-state index contributed by atoms with van der Waals surface area (Å²) in [7, 11) is 0. The number of carbonyl (C=O) groups is 1. The minimum atomic E-state index is -0.382. The molecule has 0 aliphatic rings. The van der Waals surface area contributed by atoms with Crippen molar-refractivity contribution in [2.45, 2.75) is 13.8 Å². The maximum Gasteiger partial charge on any atom is 0.343 e. The second kappa shape index (κ2) is 6.50. The summed E-state index contributed by atoms with van der Waals surface area (Å²) in [6.07, 6.45) is 0. The minimum absolute atomic E-state index is 0.378. The number of amides is 2. The van der Waals surface area contributed by atoms with Gasteiger partial charge in [-0.15, -0.1) is 0 Å². The van der Waals surface area contributed by atoms with Crippen molar-refractivity contribution < 1.29 is 9.63 Å². The second-order valence-corrected chi connectivity index (χ2v) is 4.60. The van der Waals surface area contributed by atoms with Crippen LogP contribution in [0, 0.1) is 5.92 Å². The molecule has 4 nitrogen and oxygen atoms in total. The van der Waals surface area contributed by atoms with Gasteiger partial charge in [-0.05, 0) is 34.0 Å². The molecule has 2 N–H and O–H groups in total. The Morgan fingerprint density at radius 1 is 1.44 bits per heavy atom. The highest BCUT2D eigenvalue weighted by atomic mass is 79.9. The van der Waals surface area contributed by atoms with Gasteiger partial charge in [0.15, 0.2) is 0 Å². The molecule has 1 rings (SSSR count). The molecule has 0 radical (unpaired) electrons. The molecule has 88 valence electrons. The molecule has 16 heavy (non-hydrogen) atoms. The number of para-hydroxylation sites is 1. The number of carbonyl (C=O) groups excluding carboxylic acids is 1. The second-order valence-electron chi connectivity index (χ2n) is 3.74. The first kappa shape index (κ1) is 13.0. The Balaban J connectivity index is 2.37. The molecule has 0 unspecified atom stereocenters. The highest BCUT2D eigenvalue weighted by Crippen LogP contribution is 2.20. The number of benzene rings is 1. The molecule has 0 heterocycles. The Bertz CT molecular complexity index is 356. The Morgan fingerprint density at radius 2 is 2.12 bits per heavy atom. The van der Waals surface area contributed by atoms with Crippen LogP contribution in [-0.4, -0.2) is 12.6 Å². The fourth-order valence-electron chi connectivity index (χ4n) is 0.984. The van der Waals surface area contributed by atoms with Gasteiger partial charge in [0, 0.05) is 4.47 Å². The smallest absolute Gasteiger partial charge is 0.305 e. The van der Waals surface area contributed by atoms with Crippen LogP contribution in [0.4, 0.5) is 10.5 Å². The molecule has 0 bridgehead atoms. The van der Waals surface area contributed by atoms with E-state index < -0.39 is 0 Å². The summed E-state index contributed by atoms with van der Waals surface area (Å²) in [6, 6.07) is 6.99. The van der Waals surface area contributed by atoms with Crippen LogP contribution in [0.15, 0.2) is 28.7 Å². The van der Waals surface area contributed by atoms with Crippen LogP contribution in [0.25, 0.3) is 0 Å². The number of hydroxylamine groups is 1. The molecule has 5 heteroatoms. The van der Waals surface area contributed by atoms with Crippen LogP contribution < -0.4 is 10.8 Å². The Hall–Kier alpha value is -1.07. The third kappa shape index (κ3) is 4.63. The molecule has 0 fully saturated rings. The third-order valence-corrected chi connectivity index (χ3v) is 2.40. The lowest BCUT2D eigenvalue weighted by molar-refractivity contribution is 0.0482. The van der Waals surface area contributed by atoms with E-state index in [1.807, 2.05) is 32.0 Å². The van der Waals surface area contributed by atoms with Crippen LogP contribution in [0.5, 0.6) is 0 Å². The fraction of sp³-hybridized carbons (Fsp3) is 0.364. The largest absolute Gasteiger partial charge is 0.343 e. The van der Waals surface area contributed by atoms with E-state index in [4.69, 9.17) is 4.84 Å². The summed E-state index contributed by atoms with van der Waals surface area (Å²) >= 11 is 3.33. The van der Waals surface area contributed by atoms with Crippen LogP contribution in [0.3, 0.4) is 0 Å². The van der Waals surface area contributed by atoms with E-state index in [0.717, 1.165) is 4.47 Å². The molecule has 0 atom stereocenters. The summed E-state index contributed by atoms with van der Waals surface area (Å²) in [4.78, 5) is 16.4. The molecule has 0 aromatic heterocycles. The third-order valence-electron chi connectivity index (χ3n) is 1.70. The van der Waals surface area contributed by atoms with Crippen molar-refractivity contribution in [1.29, 1.82) is 0 Å². The number of urea groups is 1. The monoisotopic (exact) mass is 286 g/mol. The number of hydrogen-bond donors (Lipinski definition) is 2. The number of rotatable bonds is 4. The van der Waals surface area contributed by atoms with E-state index in [1.165, 1.54) is 0 Å². The van der Waals surface area contributed by atoms with E-state index >= 15 is 0 Å². The Kier molecular flexibility index (Phi) is 5.28. The molecular weight excluding hydrogens is 272 g/mol. The summed E-state index contributed by atoms with van der Waals surface area (Å²) < 4.78 is 0.828. The lowest BCUT2D eigenvalue weighted by Gasteiger charge is -2.10. The van der Waals surface area contributed by atoms with Gasteiger partial charge in [0.05, 0.1) is 12.3 Å². The first-order valence-electron chi connectivity index (χ1n) is 5.03. The molecule has 0 aliphatic carbocycles. The van der Waals surface area contributed by atoms with Crippen LogP contribution >= 0.6 is 15.9 Å². The highest BCUT2D eigenvalue weighted by Gasteiger charge is 2.04. The van der Waals surface area contributed by atoms with Crippen LogP contribution in [0.1, 0.15) is 13.8 Å². The number of hydrogen-bond acceptors (Lipinski definition) is 2. The first-order valence-corrected chi connectivity index (χ1v) is 5.82. The van der Waals surface area contributed by atoms with Crippen molar-refractivity contribution in [3.8, 4) is 0 Å². The molecule has 0 aliphatic heterocycles. The number of nitrogens with one attached hydrogen (secondary N) is 2. The predicted molar refractivity (Wildman–Crippen MR) is 67.1 cm³/mol. The van der Waals surface area contributed by atoms with E-state index in [1.54, 1.807) is 6.07 Å². The highest BCUT2D eigenvalue weighted by molar-refractivity contribution is 9.10. The average molecular weight is 287 g/mol. The van der Waals surface area contributed by atoms with Crippen LogP contribution in [-0.2, 0) is 4.84 Å². The van der Waals surface area contributed by atoms with Crippen molar-refractivity contribution in [1.82, 2.24) is 5.48 Å². The van der Waals surface area contributed by atoms with Gasteiger partial charge in [-0.2, -0.15) is 0 Å². The summed E-state index contributed by atoms with van der Waals surface area (Å²) in [5.41, 5.74) is 3.02. The zero-order valence-corrected chi connectivity index (χ0v) is 10.9. The van der Waals surface area contributed by atoms with Gasteiger partial charge in [0.1, 0.15) is 0 Å². The molecular formula is C11H15BrN2O2. The van der Waals surface area contributed by atoms with Crippen LogP contribution in [0.2, 0.25) is 0 Å². The van der Waals surface area contributed by atoms with Crippen molar-refractivity contribution in [2.75, 3.05) is 11.9 Å². The normalized spacial score (nSPS) is 10.2. The molecule has 2 amide bonds. The van der Waals surface area contributed by atoms with Gasteiger partial charge >= 0.3 is 6.03 Å². The SMILES string of the molecule is CC(C)CONC(=O)Nc1ccccc1Br. The van der Waals surface area contributed by atoms with Gasteiger partial charge in [-0.1, -0.05) is 26.0 Å². The van der Waals surface area contributed by atoms with E-state index in [9.17, 15) is 4.79 Å². The van der Waals surface area contributed by atoms with Gasteiger partial charge < -0.3 is 5.32 Å². The van der Waals surface area contributed by atoms with E-state index in [2.05, 4.69) is 26.7 Å². The average Bonchev–Trinajstić information content (AvgIpc) is 2.21. The Labute approximate surface area is 103 Å². The maximum absolute atomic E-state index is 11.4. The standard InChI is InChI=1S/C11H15BrN2O2/c1-8(2)7-16-14-11(15)13-10-6-4-3-5-9(10)12/h3-6,8H,7H2,1-2H3,(H2,13,14,15). The quantitative estimate of drug-likeness (QED) is 0.836. The minimum Gasteiger partial charge on any atom is -0.305 e. The fourth-order valence-corrected chi connectivity index (χ4v) is 1.37. The molecule has 1 aromatic carbocycles. The zero-order chi connectivity index (χ0) is 12.0. The van der Waals surface area contributed by atoms with Gasteiger partial charge in [0.2, 0.25) is 0 Å². The van der Waals surface area contributed by atoms with Crippen molar-refractivity contribution in [2.24, 2.45) is 5.92 Å². The van der Waals surface area contributed by atoms with Gasteiger partial charge in [-0.3, -0.25) is 4.84 Å². The topological polar surface area (TPSA) is 50.4 Å². The maximum atomic E-state index is 11.4. The summed E-state index contributed by atoms with van der Waals surface area (Å²) in [5.74, 6) is 0.378. The Morgan fingerprint density at radius 3 is 2.75 bits per heavy atom. The van der Waals surface area contributed by atoms with Crippen molar-refractivity contribution in [3.63, 3.8) is 0 Å². The lowest BCUT2D eigenvalue weighted by atomic mass is 10.2. The molecule has 1 aromatic rings. The number of halogens is 1. The summed E-state index contributed by atoms with van der Waals surface area (Å²) in [6.45, 7) is 4.50. The van der Waals surface area contributed by atoms with E-state index in [0.29, 0.717) is 18.2 Å².